The van der Waals surface area contributed by atoms with E-state index in [1.165, 1.54) is 4.90 Å². The molecule has 1 aliphatic carbocycles. The van der Waals surface area contributed by atoms with Crippen LogP contribution in [0.1, 0.15) is 19.8 Å². The maximum absolute atomic E-state index is 11.4. The third-order valence-corrected chi connectivity index (χ3v) is 2.16. The molecule has 0 aromatic heterocycles. The molecule has 0 bridgehead atoms. The van der Waals surface area contributed by atoms with Crippen molar-refractivity contribution < 1.29 is 9.53 Å². The smallest absolute Gasteiger partial charge is 0.411 e. The summed E-state index contributed by atoms with van der Waals surface area (Å²) in [6, 6.07) is 0. The number of amides is 1. The van der Waals surface area contributed by atoms with Crippen molar-refractivity contribution in [2.24, 2.45) is 0 Å². The van der Waals surface area contributed by atoms with Gasteiger partial charge in [-0.15, -0.1) is 0 Å². The Morgan fingerprint density at radius 3 is 2.93 bits per heavy atom. The quantitative estimate of drug-likeness (QED) is 0.697. The SMILES string of the molecule is CC(Cl)OC(=O)N(C)CC1=CCCC=C1. The van der Waals surface area contributed by atoms with Gasteiger partial charge in [-0.3, -0.25) is 0 Å². The Bertz CT molecular complexity index is 284. The molecule has 0 saturated heterocycles. The fourth-order valence-electron chi connectivity index (χ4n) is 1.35. The van der Waals surface area contributed by atoms with Gasteiger partial charge in [-0.1, -0.05) is 29.8 Å². The highest BCUT2D eigenvalue weighted by Crippen LogP contribution is 2.11. The summed E-state index contributed by atoms with van der Waals surface area (Å²) in [6.07, 6.45) is 8.01. The molecule has 0 radical (unpaired) electrons. The first-order valence-corrected chi connectivity index (χ1v) is 5.44. The van der Waals surface area contributed by atoms with Crippen LogP contribution >= 0.6 is 11.6 Å². The van der Waals surface area contributed by atoms with Crippen LogP contribution in [0.25, 0.3) is 0 Å². The first-order chi connectivity index (χ1) is 7.09. The Labute approximate surface area is 95.3 Å². The zero-order valence-corrected chi connectivity index (χ0v) is 9.83. The van der Waals surface area contributed by atoms with E-state index >= 15 is 0 Å². The average Bonchev–Trinajstić information content (AvgIpc) is 2.18. The van der Waals surface area contributed by atoms with Crippen LogP contribution in [0.3, 0.4) is 0 Å². The lowest BCUT2D eigenvalue weighted by Gasteiger charge is -2.19. The fraction of sp³-hybridized carbons (Fsp3) is 0.545. The number of hydrogen-bond acceptors (Lipinski definition) is 2. The second-order valence-corrected chi connectivity index (χ2v) is 4.16. The van der Waals surface area contributed by atoms with Gasteiger partial charge in [-0.05, 0) is 25.3 Å². The summed E-state index contributed by atoms with van der Waals surface area (Å²) in [5.74, 6) is 0. The summed E-state index contributed by atoms with van der Waals surface area (Å²) in [7, 11) is 1.70. The van der Waals surface area contributed by atoms with Gasteiger partial charge in [-0.2, -0.15) is 0 Å². The lowest BCUT2D eigenvalue weighted by Crippen LogP contribution is -2.30. The minimum atomic E-state index is -0.587. The summed E-state index contributed by atoms with van der Waals surface area (Å²) in [5.41, 5.74) is 0.554. The fourth-order valence-corrected chi connectivity index (χ4v) is 1.43. The number of nitrogens with zero attached hydrogens (tertiary/aromatic N) is 1. The molecule has 0 saturated carbocycles. The van der Waals surface area contributed by atoms with E-state index in [9.17, 15) is 4.79 Å². The minimum Gasteiger partial charge on any atom is -0.430 e. The first kappa shape index (κ1) is 12.1. The number of ether oxygens (including phenoxy) is 1. The largest absolute Gasteiger partial charge is 0.430 e. The van der Waals surface area contributed by atoms with E-state index in [0.717, 1.165) is 18.4 Å². The number of hydrogen-bond donors (Lipinski definition) is 0. The van der Waals surface area contributed by atoms with Gasteiger partial charge in [0.25, 0.3) is 0 Å². The summed E-state index contributed by atoms with van der Waals surface area (Å²) in [6.45, 7) is 2.19. The second kappa shape index (κ2) is 5.81. The molecule has 0 aromatic rings. The molecule has 1 amide bonds. The molecule has 0 heterocycles. The molecule has 0 spiro atoms. The maximum atomic E-state index is 11.4. The van der Waals surface area contributed by atoms with Gasteiger partial charge in [0.05, 0.1) is 0 Å². The Balaban J connectivity index is 2.40. The molecular weight excluding hydrogens is 214 g/mol. The highest BCUT2D eigenvalue weighted by molar-refractivity contribution is 6.19. The van der Waals surface area contributed by atoms with Crippen LogP contribution in [0.4, 0.5) is 4.79 Å². The molecular formula is C11H16ClNO2. The van der Waals surface area contributed by atoms with Crippen molar-refractivity contribution in [1.29, 1.82) is 0 Å². The molecule has 0 aliphatic heterocycles. The van der Waals surface area contributed by atoms with E-state index in [4.69, 9.17) is 16.3 Å². The number of allylic oxidation sites excluding steroid dienone is 2. The summed E-state index contributed by atoms with van der Waals surface area (Å²) in [5, 5.41) is 0. The predicted molar refractivity (Wildman–Crippen MR) is 60.9 cm³/mol. The molecule has 1 rings (SSSR count). The molecule has 0 N–H and O–H groups in total. The van der Waals surface area contributed by atoms with Gasteiger partial charge in [-0.25, -0.2) is 4.79 Å². The van der Waals surface area contributed by atoms with Crippen LogP contribution in [0.2, 0.25) is 0 Å². The van der Waals surface area contributed by atoms with Crippen molar-refractivity contribution in [2.45, 2.75) is 25.3 Å². The van der Waals surface area contributed by atoms with Crippen molar-refractivity contribution in [1.82, 2.24) is 4.90 Å². The molecule has 84 valence electrons. The van der Waals surface area contributed by atoms with Crippen molar-refractivity contribution in [2.75, 3.05) is 13.6 Å². The first-order valence-electron chi connectivity index (χ1n) is 5.01. The van der Waals surface area contributed by atoms with Gasteiger partial charge >= 0.3 is 6.09 Å². The molecule has 4 heteroatoms. The van der Waals surface area contributed by atoms with Crippen LogP contribution in [0, 0.1) is 0 Å². The molecule has 0 fully saturated rings. The standard InChI is InChI=1S/C11H16ClNO2/c1-9(12)15-11(14)13(2)8-10-6-4-3-5-7-10/h4,6-7,9H,3,5,8H2,1-2H3. The van der Waals surface area contributed by atoms with E-state index in [-0.39, 0.29) is 0 Å². The third kappa shape index (κ3) is 4.38. The van der Waals surface area contributed by atoms with Crippen LogP contribution in [0.15, 0.2) is 23.8 Å². The Kier molecular flexibility index (Phi) is 4.69. The molecule has 15 heavy (non-hydrogen) atoms. The normalized spacial score (nSPS) is 16.9. The van der Waals surface area contributed by atoms with Gasteiger partial charge in [0.15, 0.2) is 5.56 Å². The van der Waals surface area contributed by atoms with Crippen LogP contribution in [0.5, 0.6) is 0 Å². The highest BCUT2D eigenvalue weighted by atomic mass is 35.5. The maximum Gasteiger partial charge on any atom is 0.411 e. The number of likely N-dealkylation sites (N-methyl/N-ethyl adjacent to an activating group) is 1. The Hall–Kier alpha value is -0.960. The van der Waals surface area contributed by atoms with Gasteiger partial charge in [0, 0.05) is 13.6 Å². The minimum absolute atomic E-state index is 0.391. The monoisotopic (exact) mass is 229 g/mol. The van der Waals surface area contributed by atoms with E-state index < -0.39 is 11.7 Å². The number of rotatable bonds is 3. The zero-order valence-electron chi connectivity index (χ0n) is 9.07. The van der Waals surface area contributed by atoms with Crippen molar-refractivity contribution in [3.05, 3.63) is 23.8 Å². The van der Waals surface area contributed by atoms with Crippen molar-refractivity contribution >= 4 is 17.7 Å². The van der Waals surface area contributed by atoms with Crippen LogP contribution in [-0.2, 0) is 4.74 Å². The molecule has 3 nitrogen and oxygen atoms in total. The van der Waals surface area contributed by atoms with Gasteiger partial charge < -0.3 is 9.64 Å². The van der Waals surface area contributed by atoms with E-state index in [2.05, 4.69) is 12.2 Å². The molecule has 1 unspecified atom stereocenters. The van der Waals surface area contributed by atoms with Crippen LogP contribution < -0.4 is 0 Å². The topological polar surface area (TPSA) is 29.5 Å². The second-order valence-electron chi connectivity index (χ2n) is 3.54. The lowest BCUT2D eigenvalue weighted by molar-refractivity contribution is 0.107. The van der Waals surface area contributed by atoms with Crippen molar-refractivity contribution in [3.8, 4) is 0 Å². The third-order valence-electron chi connectivity index (χ3n) is 2.07. The highest BCUT2D eigenvalue weighted by Gasteiger charge is 2.13. The summed E-state index contributed by atoms with van der Waals surface area (Å²) >= 11 is 5.56. The van der Waals surface area contributed by atoms with Crippen LogP contribution in [-0.4, -0.2) is 30.1 Å². The number of carbonyl (C=O) groups excluding carboxylic acids is 1. The Morgan fingerprint density at radius 2 is 2.40 bits per heavy atom. The van der Waals surface area contributed by atoms with E-state index in [0.29, 0.717) is 6.54 Å². The lowest BCUT2D eigenvalue weighted by atomic mass is 10.1. The zero-order chi connectivity index (χ0) is 11.3. The predicted octanol–water partition coefficient (Wildman–Crippen LogP) is 2.92. The summed E-state index contributed by atoms with van der Waals surface area (Å²) < 4.78 is 4.85. The molecule has 0 aromatic carbocycles. The number of halogens is 1. The van der Waals surface area contributed by atoms with E-state index in [1.54, 1.807) is 14.0 Å². The molecule has 1 atom stereocenters. The number of carbonyl (C=O) groups is 1. The number of alkyl halides is 1. The van der Waals surface area contributed by atoms with Gasteiger partial charge in [0.1, 0.15) is 0 Å². The van der Waals surface area contributed by atoms with Crippen molar-refractivity contribution in [3.63, 3.8) is 0 Å². The Morgan fingerprint density at radius 1 is 1.67 bits per heavy atom. The molecule has 1 aliphatic rings. The average molecular weight is 230 g/mol. The van der Waals surface area contributed by atoms with E-state index in [1.807, 2.05) is 6.08 Å². The van der Waals surface area contributed by atoms with Gasteiger partial charge in [0.2, 0.25) is 0 Å². The summed E-state index contributed by atoms with van der Waals surface area (Å²) in [4.78, 5) is 12.9.